The number of carbonyl (C=O) groups is 8. The fraction of sp³-hybridized carbons (Fsp3) is 0.442. The standard InChI is InChI=1S/C43H55N6O23P3S2/c44-40(56)26(21-49(25-50)38-20-34(51)35(70-38)23-69-74(64,65)72-75(66,67)71-73(61,62)63)9-8-17-45-36(52)15-18-76-77-24-33(41(57)46-16-7-1-2-14-37(53)47-32(42(58)59)19-39(54)55)48-43(60)68-22-31-29-12-5-3-10-27(29)28-11-4-6-13-30(28)31/h3-6,10-13,21,25,31-35,38,51H,1-2,7,14-20,22-24H2,(H2,44,56)(H,45,52)(H,46,57)(H,47,53)(H,48,60)(H,54,55)(H,58,59)(H,64,65)(H,66,67)(H2,61,62,63)/b26-21-. The first-order valence-electron chi connectivity index (χ1n) is 22.8. The van der Waals surface area contributed by atoms with Gasteiger partial charge < -0.3 is 71.4 Å². The van der Waals surface area contributed by atoms with Gasteiger partial charge in [0.05, 0.1) is 25.7 Å². The summed E-state index contributed by atoms with van der Waals surface area (Å²) in [6.07, 6.45) is -4.40. The van der Waals surface area contributed by atoms with Crippen molar-refractivity contribution in [3.63, 3.8) is 0 Å². The molecule has 7 atom stereocenters. The maximum Gasteiger partial charge on any atom is 0.490 e. The van der Waals surface area contributed by atoms with E-state index in [0.717, 1.165) is 33.4 Å². The summed E-state index contributed by atoms with van der Waals surface area (Å²) < 4.78 is 57.3. The summed E-state index contributed by atoms with van der Waals surface area (Å²) >= 11 is 0. The van der Waals surface area contributed by atoms with Gasteiger partial charge in [-0.15, -0.1) is 0 Å². The Balaban J connectivity index is 1.25. The molecule has 0 bridgehead atoms. The highest BCUT2D eigenvalue weighted by molar-refractivity contribution is 8.76. The zero-order chi connectivity index (χ0) is 56.9. The fourth-order valence-electron chi connectivity index (χ4n) is 7.22. The van der Waals surface area contributed by atoms with Gasteiger partial charge in [0.15, 0.2) is 0 Å². The summed E-state index contributed by atoms with van der Waals surface area (Å²) in [5, 5.41) is 38.5. The van der Waals surface area contributed by atoms with Crippen molar-refractivity contribution in [3.05, 3.63) is 71.4 Å². The molecule has 1 aliphatic carbocycles. The number of carboxylic acids is 2. The number of aliphatic hydroxyl groups is 1. The van der Waals surface area contributed by atoms with E-state index in [-0.39, 0.29) is 62.8 Å². The van der Waals surface area contributed by atoms with Crippen molar-refractivity contribution < 1.29 is 110 Å². The first-order valence-corrected chi connectivity index (χ1v) is 29.8. The van der Waals surface area contributed by atoms with E-state index in [0.29, 0.717) is 19.3 Å². The van der Waals surface area contributed by atoms with Crippen LogP contribution in [-0.2, 0) is 69.9 Å². The number of phosphoric acid groups is 3. The normalized spacial score (nSPS) is 18.3. The van der Waals surface area contributed by atoms with Crippen LogP contribution >= 0.6 is 45.1 Å². The molecule has 2 aromatic rings. The smallest absolute Gasteiger partial charge is 0.481 e. The van der Waals surface area contributed by atoms with Gasteiger partial charge in [-0.1, -0.05) is 88.4 Å². The predicted octanol–water partition coefficient (Wildman–Crippen LogP) is 1.15. The lowest BCUT2D eigenvalue weighted by atomic mass is 9.98. The molecular formula is C43H55N6O23P3S2. The Morgan fingerprint density at radius 2 is 1.49 bits per heavy atom. The number of primary amides is 1. The van der Waals surface area contributed by atoms with Crippen molar-refractivity contribution in [3.8, 4) is 23.0 Å². The van der Waals surface area contributed by atoms with E-state index in [9.17, 15) is 66.9 Å². The Labute approximate surface area is 446 Å². The number of hydrogen-bond acceptors (Lipinski definition) is 19. The van der Waals surface area contributed by atoms with Gasteiger partial charge in [0, 0.05) is 49.4 Å². The van der Waals surface area contributed by atoms with Gasteiger partial charge in [-0.05, 0) is 35.1 Å². The van der Waals surface area contributed by atoms with Crippen LogP contribution < -0.4 is 27.0 Å². The summed E-state index contributed by atoms with van der Waals surface area (Å²) in [6.45, 7) is -1.22. The number of ether oxygens (including phenoxy) is 2. The molecule has 2 aromatic carbocycles. The Bertz CT molecular complexity index is 2680. The molecule has 1 aliphatic heterocycles. The van der Waals surface area contributed by atoms with Crippen LogP contribution in [0.2, 0.25) is 0 Å². The van der Waals surface area contributed by atoms with Crippen LogP contribution in [0.5, 0.6) is 0 Å². The second kappa shape index (κ2) is 30.5. The number of alkyl carbamates (subject to hydrolysis) is 1. The molecule has 0 spiro atoms. The second-order valence-electron chi connectivity index (χ2n) is 16.4. The van der Waals surface area contributed by atoms with E-state index in [4.69, 9.17) is 35.2 Å². The van der Waals surface area contributed by atoms with Gasteiger partial charge in [0.1, 0.15) is 36.6 Å². The number of carbonyl (C=O) groups excluding carboxylic acids is 6. The minimum Gasteiger partial charge on any atom is -0.481 e. The number of phosphoric ester groups is 1. The highest BCUT2D eigenvalue weighted by Crippen LogP contribution is 2.66. The molecule has 29 nitrogen and oxygen atoms in total. The highest BCUT2D eigenvalue weighted by Gasteiger charge is 2.43. The van der Waals surface area contributed by atoms with E-state index in [2.05, 4.69) is 46.3 Å². The van der Waals surface area contributed by atoms with E-state index >= 15 is 0 Å². The Hall–Kier alpha value is -5.67. The molecule has 77 heavy (non-hydrogen) atoms. The molecule has 6 amide bonds. The molecule has 1 heterocycles. The molecule has 0 aromatic heterocycles. The van der Waals surface area contributed by atoms with Crippen molar-refractivity contribution in [2.45, 2.75) is 81.4 Å². The molecule has 1 saturated heterocycles. The number of benzene rings is 2. The van der Waals surface area contributed by atoms with E-state index < -0.39 is 114 Å². The molecule has 34 heteroatoms. The maximum absolute atomic E-state index is 13.4. The van der Waals surface area contributed by atoms with Crippen LogP contribution in [0.3, 0.4) is 0 Å². The largest absolute Gasteiger partial charge is 0.490 e. The third-order valence-electron chi connectivity index (χ3n) is 10.7. The van der Waals surface area contributed by atoms with Gasteiger partial charge in [-0.2, -0.15) is 8.62 Å². The Morgan fingerprint density at radius 3 is 2.10 bits per heavy atom. The average molecular weight is 1180 g/mol. The van der Waals surface area contributed by atoms with Gasteiger partial charge in [-0.3, -0.25) is 38.2 Å². The number of unbranched alkanes of at least 4 members (excludes halogenated alkanes) is 2. The quantitative estimate of drug-likeness (QED) is 0.0122. The Morgan fingerprint density at radius 1 is 0.831 bits per heavy atom. The SMILES string of the molecule is NC(=O)/C(C#CCNC(=O)CCSSCC(NC(=O)OCC1c2ccccc2-c2ccccc21)C(=O)NCCCCCC(=O)NC(CC(=O)O)C(=O)O)=C\N(C=O)C1CC(O)C(COP(=O)(O)OP(=O)(O)OP(=O)(O)O)O1. The van der Waals surface area contributed by atoms with E-state index in [1.807, 2.05) is 48.5 Å². The van der Waals surface area contributed by atoms with Gasteiger partial charge >= 0.3 is 41.5 Å². The number of hydrogen-bond donors (Lipinski definition) is 12. The zero-order valence-electron chi connectivity index (χ0n) is 40.3. The van der Waals surface area contributed by atoms with E-state index in [1.54, 1.807) is 0 Å². The van der Waals surface area contributed by atoms with Crippen LogP contribution in [0.25, 0.3) is 11.1 Å². The molecule has 4 rings (SSSR count). The number of amides is 6. The second-order valence-corrected chi connectivity index (χ2v) is 23.4. The number of rotatable bonds is 32. The van der Waals surface area contributed by atoms with Crippen molar-refractivity contribution in [1.29, 1.82) is 0 Å². The summed E-state index contributed by atoms with van der Waals surface area (Å²) in [5.74, 6) is -0.790. The third kappa shape index (κ3) is 22.3. The number of aliphatic carboxylic acids is 2. The molecule has 2 aliphatic rings. The van der Waals surface area contributed by atoms with Crippen molar-refractivity contribution in [2.24, 2.45) is 5.73 Å². The molecule has 13 N–H and O–H groups in total. The Kier molecular flexibility index (Phi) is 25.3. The van der Waals surface area contributed by atoms with Crippen LogP contribution in [-0.4, -0.2) is 156 Å². The summed E-state index contributed by atoms with van der Waals surface area (Å²) in [6, 6.07) is 12.8. The monoisotopic (exact) mass is 1180 g/mol. The minimum absolute atomic E-state index is 0.0210. The fourth-order valence-corrected chi connectivity index (χ4v) is 12.4. The van der Waals surface area contributed by atoms with Crippen molar-refractivity contribution in [2.75, 3.05) is 37.8 Å². The summed E-state index contributed by atoms with van der Waals surface area (Å²) in [4.78, 5) is 135. The topological polar surface area (TPSA) is 453 Å². The summed E-state index contributed by atoms with van der Waals surface area (Å²) in [5.41, 5.74) is 8.94. The first-order chi connectivity index (χ1) is 36.3. The number of nitrogens with zero attached hydrogens (tertiary/aromatic N) is 1. The lowest BCUT2D eigenvalue weighted by molar-refractivity contribution is -0.147. The minimum atomic E-state index is -5.83. The third-order valence-corrected chi connectivity index (χ3v) is 16.9. The van der Waals surface area contributed by atoms with Crippen LogP contribution in [0.1, 0.15) is 62.0 Å². The first kappa shape index (κ1) is 63.9. The zero-order valence-corrected chi connectivity index (χ0v) is 44.6. The molecular weight excluding hydrogens is 1130 g/mol. The number of nitrogens with one attached hydrogen (secondary N) is 4. The van der Waals surface area contributed by atoms with Crippen LogP contribution in [0, 0.1) is 11.8 Å². The number of nitrogens with two attached hydrogens (primary N) is 1. The van der Waals surface area contributed by atoms with Crippen LogP contribution in [0.4, 0.5) is 4.79 Å². The summed E-state index contributed by atoms with van der Waals surface area (Å²) in [7, 11) is -14.7. The maximum atomic E-state index is 13.4. The molecule has 422 valence electrons. The molecule has 7 unspecified atom stereocenters. The number of carboxylic acid groups (broad SMARTS) is 2. The molecule has 0 saturated carbocycles. The van der Waals surface area contributed by atoms with Gasteiger partial charge in [0.25, 0.3) is 5.91 Å². The predicted molar refractivity (Wildman–Crippen MR) is 270 cm³/mol. The lowest BCUT2D eigenvalue weighted by Crippen LogP contribution is -2.48. The number of aliphatic hydroxyl groups excluding tert-OH is 1. The molecule has 0 radical (unpaired) electrons. The average Bonchev–Trinajstić information content (AvgIpc) is 3.90. The molecule has 1 fully saturated rings. The van der Waals surface area contributed by atoms with Crippen molar-refractivity contribution in [1.82, 2.24) is 26.2 Å². The van der Waals surface area contributed by atoms with Crippen molar-refractivity contribution >= 4 is 93.1 Å². The highest BCUT2D eigenvalue weighted by atomic mass is 33.1. The lowest BCUT2D eigenvalue weighted by Gasteiger charge is -2.22. The van der Waals surface area contributed by atoms with Gasteiger partial charge in [0.2, 0.25) is 24.1 Å². The van der Waals surface area contributed by atoms with E-state index in [1.165, 1.54) is 21.6 Å². The number of fused-ring (bicyclic) bond motifs is 3. The van der Waals surface area contributed by atoms with Crippen LogP contribution in [0.15, 0.2) is 60.3 Å². The van der Waals surface area contributed by atoms with Gasteiger partial charge in [-0.25, -0.2) is 23.3 Å².